The third-order valence-electron chi connectivity index (χ3n) is 4.35. The first kappa shape index (κ1) is 19.5. The molecule has 2 aromatic carbocycles. The Morgan fingerprint density at radius 3 is 2.22 bits per heavy atom. The molecule has 27 heavy (non-hydrogen) atoms. The number of esters is 1. The van der Waals surface area contributed by atoms with E-state index >= 15 is 0 Å². The zero-order valence-electron chi connectivity index (χ0n) is 14.5. The fourth-order valence-corrected chi connectivity index (χ4v) is 2.91. The SMILES string of the molecule is O=C(O[C@H]1[C@@H](OCc2ccccc2)[C@H](O)[C@@H](CO)O[C@@H]1O)c1ccccc1. The lowest BCUT2D eigenvalue weighted by Gasteiger charge is -2.41. The molecule has 0 spiro atoms. The van der Waals surface area contributed by atoms with E-state index in [9.17, 15) is 20.1 Å². The number of hydrogen-bond donors (Lipinski definition) is 3. The number of rotatable bonds is 6. The van der Waals surface area contributed by atoms with Crippen LogP contribution in [0.4, 0.5) is 0 Å². The molecule has 0 saturated carbocycles. The lowest BCUT2D eigenvalue weighted by Crippen LogP contribution is -2.60. The van der Waals surface area contributed by atoms with Crippen LogP contribution in [0.25, 0.3) is 0 Å². The van der Waals surface area contributed by atoms with Crippen molar-refractivity contribution < 1.29 is 34.3 Å². The molecule has 1 aliphatic heterocycles. The maximum Gasteiger partial charge on any atom is 0.338 e. The van der Waals surface area contributed by atoms with E-state index in [1.165, 1.54) is 0 Å². The fraction of sp³-hybridized carbons (Fsp3) is 0.350. The van der Waals surface area contributed by atoms with Gasteiger partial charge in [0.1, 0.15) is 18.3 Å². The van der Waals surface area contributed by atoms with Crippen LogP contribution >= 0.6 is 0 Å². The first-order valence-electron chi connectivity index (χ1n) is 8.64. The standard InChI is InChI=1S/C20H22O7/c21-11-15-16(22)17(25-12-13-7-3-1-4-8-13)18(20(24)26-15)27-19(23)14-9-5-2-6-10-14/h1-10,15-18,20-22,24H,11-12H2/t15-,16-,17+,18+,20+/m1/s1. The highest BCUT2D eigenvalue weighted by Crippen LogP contribution is 2.26. The van der Waals surface area contributed by atoms with Gasteiger partial charge in [0.15, 0.2) is 12.4 Å². The lowest BCUT2D eigenvalue weighted by molar-refractivity contribution is -0.295. The number of ether oxygens (including phenoxy) is 3. The van der Waals surface area contributed by atoms with Gasteiger partial charge < -0.3 is 29.5 Å². The van der Waals surface area contributed by atoms with Gasteiger partial charge in [0, 0.05) is 0 Å². The minimum Gasteiger partial charge on any atom is -0.450 e. The molecule has 3 rings (SSSR count). The Balaban J connectivity index is 1.76. The molecule has 0 amide bonds. The monoisotopic (exact) mass is 374 g/mol. The van der Waals surface area contributed by atoms with Gasteiger partial charge in [-0.05, 0) is 17.7 Å². The first-order chi connectivity index (χ1) is 13.1. The second-order valence-electron chi connectivity index (χ2n) is 6.24. The maximum atomic E-state index is 12.4. The third kappa shape index (κ3) is 4.71. The molecular weight excluding hydrogens is 352 g/mol. The van der Waals surface area contributed by atoms with Gasteiger partial charge in [0.2, 0.25) is 0 Å². The number of carbonyl (C=O) groups is 1. The molecule has 1 saturated heterocycles. The summed E-state index contributed by atoms with van der Waals surface area (Å²) in [6.45, 7) is -0.379. The third-order valence-corrected chi connectivity index (χ3v) is 4.35. The molecule has 144 valence electrons. The maximum absolute atomic E-state index is 12.4. The van der Waals surface area contributed by atoms with Crippen molar-refractivity contribution in [3.8, 4) is 0 Å². The van der Waals surface area contributed by atoms with E-state index in [1.54, 1.807) is 30.3 Å². The molecule has 3 N–H and O–H groups in total. The Bertz CT molecular complexity index is 722. The fourth-order valence-electron chi connectivity index (χ4n) is 2.91. The summed E-state index contributed by atoms with van der Waals surface area (Å²) < 4.78 is 16.3. The van der Waals surface area contributed by atoms with Crippen molar-refractivity contribution in [1.82, 2.24) is 0 Å². The smallest absolute Gasteiger partial charge is 0.338 e. The predicted octanol–water partition coefficient (Wildman–Crippen LogP) is 0.868. The predicted molar refractivity (Wildman–Crippen MR) is 94.6 cm³/mol. The average molecular weight is 374 g/mol. The zero-order valence-corrected chi connectivity index (χ0v) is 14.5. The second-order valence-corrected chi connectivity index (χ2v) is 6.24. The van der Waals surface area contributed by atoms with Gasteiger partial charge in [-0.25, -0.2) is 4.79 Å². The first-order valence-corrected chi connectivity index (χ1v) is 8.64. The van der Waals surface area contributed by atoms with Crippen LogP contribution in [0.5, 0.6) is 0 Å². The topological polar surface area (TPSA) is 105 Å². The molecule has 1 aliphatic rings. The van der Waals surface area contributed by atoms with Crippen molar-refractivity contribution in [2.24, 2.45) is 0 Å². The Morgan fingerprint density at radius 1 is 0.963 bits per heavy atom. The highest BCUT2D eigenvalue weighted by molar-refractivity contribution is 5.89. The summed E-state index contributed by atoms with van der Waals surface area (Å²) >= 11 is 0. The molecule has 5 atom stereocenters. The Labute approximate surface area is 156 Å². The summed E-state index contributed by atoms with van der Waals surface area (Å²) in [4.78, 5) is 12.4. The Kier molecular flexibility index (Phi) is 6.54. The molecule has 1 fully saturated rings. The molecule has 0 unspecified atom stereocenters. The largest absolute Gasteiger partial charge is 0.450 e. The van der Waals surface area contributed by atoms with Crippen LogP contribution in [0.15, 0.2) is 60.7 Å². The van der Waals surface area contributed by atoms with Crippen LogP contribution in [0.3, 0.4) is 0 Å². The summed E-state index contributed by atoms with van der Waals surface area (Å²) in [7, 11) is 0. The summed E-state index contributed by atoms with van der Waals surface area (Å²) in [6.07, 6.45) is -6.19. The number of benzene rings is 2. The molecule has 7 nitrogen and oxygen atoms in total. The summed E-state index contributed by atoms with van der Waals surface area (Å²) in [5.74, 6) is -0.675. The Hall–Kier alpha value is -2.29. The molecule has 0 aliphatic carbocycles. The van der Waals surface area contributed by atoms with E-state index in [-0.39, 0.29) is 6.61 Å². The van der Waals surface area contributed by atoms with Gasteiger partial charge >= 0.3 is 5.97 Å². The van der Waals surface area contributed by atoms with Crippen molar-refractivity contribution in [1.29, 1.82) is 0 Å². The minimum atomic E-state index is -1.54. The van der Waals surface area contributed by atoms with Crippen molar-refractivity contribution >= 4 is 5.97 Å². The van der Waals surface area contributed by atoms with Gasteiger partial charge in [0.25, 0.3) is 0 Å². The second kappa shape index (κ2) is 9.07. The van der Waals surface area contributed by atoms with Crippen molar-refractivity contribution in [2.45, 2.75) is 37.3 Å². The highest BCUT2D eigenvalue weighted by atomic mass is 16.7. The van der Waals surface area contributed by atoms with Gasteiger partial charge in [-0.15, -0.1) is 0 Å². The molecule has 7 heteroatoms. The summed E-state index contributed by atoms with van der Waals surface area (Å²) in [5, 5.41) is 30.1. The minimum absolute atomic E-state index is 0.132. The molecular formula is C20H22O7. The molecule has 0 bridgehead atoms. The Morgan fingerprint density at radius 2 is 1.59 bits per heavy atom. The normalized spacial score (nSPS) is 27.9. The lowest BCUT2D eigenvalue weighted by atomic mass is 9.98. The van der Waals surface area contributed by atoms with Crippen LogP contribution < -0.4 is 0 Å². The van der Waals surface area contributed by atoms with Crippen LogP contribution in [0, 0.1) is 0 Å². The van der Waals surface area contributed by atoms with E-state index < -0.39 is 43.3 Å². The molecule has 0 aromatic heterocycles. The van der Waals surface area contributed by atoms with E-state index in [0.29, 0.717) is 5.56 Å². The number of aliphatic hydroxyl groups excluding tert-OH is 3. The highest BCUT2D eigenvalue weighted by Gasteiger charge is 2.47. The molecule has 1 heterocycles. The van der Waals surface area contributed by atoms with Crippen molar-refractivity contribution in [2.75, 3.05) is 6.61 Å². The van der Waals surface area contributed by atoms with E-state index in [1.807, 2.05) is 30.3 Å². The number of hydrogen-bond acceptors (Lipinski definition) is 7. The van der Waals surface area contributed by atoms with Gasteiger partial charge in [-0.3, -0.25) is 0 Å². The van der Waals surface area contributed by atoms with Crippen molar-refractivity contribution in [3.05, 3.63) is 71.8 Å². The van der Waals surface area contributed by atoms with Crippen LogP contribution in [0.2, 0.25) is 0 Å². The van der Waals surface area contributed by atoms with Gasteiger partial charge in [0.05, 0.1) is 18.8 Å². The average Bonchev–Trinajstić information content (AvgIpc) is 2.71. The number of carbonyl (C=O) groups excluding carboxylic acids is 1. The van der Waals surface area contributed by atoms with E-state index in [2.05, 4.69) is 0 Å². The van der Waals surface area contributed by atoms with Crippen LogP contribution in [-0.4, -0.2) is 58.6 Å². The van der Waals surface area contributed by atoms with Crippen LogP contribution in [0.1, 0.15) is 15.9 Å². The van der Waals surface area contributed by atoms with Gasteiger partial charge in [-0.2, -0.15) is 0 Å². The summed E-state index contributed by atoms with van der Waals surface area (Å²) in [5.41, 5.74) is 1.14. The van der Waals surface area contributed by atoms with Crippen molar-refractivity contribution in [3.63, 3.8) is 0 Å². The molecule has 2 aromatic rings. The quantitative estimate of drug-likeness (QED) is 0.644. The number of aliphatic hydroxyl groups is 3. The van der Waals surface area contributed by atoms with Gasteiger partial charge in [-0.1, -0.05) is 48.5 Å². The zero-order chi connectivity index (χ0) is 19.2. The summed E-state index contributed by atoms with van der Waals surface area (Å²) in [6, 6.07) is 17.5. The van der Waals surface area contributed by atoms with E-state index in [4.69, 9.17) is 14.2 Å². The van der Waals surface area contributed by atoms with Crippen LogP contribution in [-0.2, 0) is 20.8 Å². The van der Waals surface area contributed by atoms with E-state index in [0.717, 1.165) is 5.56 Å². The molecule has 0 radical (unpaired) electrons.